The number of hydrogen-bond donors (Lipinski definition) is 1. The number of hydrogen-bond acceptors (Lipinski definition) is 8. The molecular weight excluding hydrogens is 312 g/mol. The van der Waals surface area contributed by atoms with Crippen molar-refractivity contribution in [1.29, 1.82) is 0 Å². The molecule has 9 nitrogen and oxygen atoms in total. The number of aromatic nitrogens is 4. The van der Waals surface area contributed by atoms with Crippen molar-refractivity contribution < 1.29 is 14.1 Å². The Morgan fingerprint density at radius 1 is 1.25 bits per heavy atom. The molecule has 0 aliphatic heterocycles. The van der Waals surface area contributed by atoms with Crippen LogP contribution in [0.2, 0.25) is 0 Å². The second kappa shape index (κ2) is 7.71. The monoisotopic (exact) mass is 334 g/mol. The van der Waals surface area contributed by atoms with E-state index >= 15 is 0 Å². The van der Waals surface area contributed by atoms with Gasteiger partial charge in [0.1, 0.15) is 5.76 Å². The summed E-state index contributed by atoms with van der Waals surface area (Å²) in [5.74, 6) is 1.57. The van der Waals surface area contributed by atoms with Crippen molar-refractivity contribution in [1.82, 2.24) is 25.4 Å². The second-order valence-electron chi connectivity index (χ2n) is 5.51. The molecule has 9 heteroatoms. The molecule has 2 aromatic rings. The summed E-state index contributed by atoms with van der Waals surface area (Å²) in [5, 5.41) is 6.68. The zero-order valence-corrected chi connectivity index (χ0v) is 14.6. The van der Waals surface area contributed by atoms with E-state index in [-0.39, 0.29) is 18.5 Å². The second-order valence-corrected chi connectivity index (χ2v) is 5.51. The maximum atomic E-state index is 12.0. The summed E-state index contributed by atoms with van der Waals surface area (Å²) in [6, 6.07) is 0.216. The van der Waals surface area contributed by atoms with Crippen molar-refractivity contribution in [3.8, 4) is 6.01 Å². The van der Waals surface area contributed by atoms with Crippen molar-refractivity contribution in [2.75, 3.05) is 26.1 Å². The first kappa shape index (κ1) is 17.6. The Labute approximate surface area is 140 Å². The van der Waals surface area contributed by atoms with Crippen LogP contribution in [0.15, 0.2) is 4.52 Å². The van der Waals surface area contributed by atoms with Crippen LogP contribution in [0.3, 0.4) is 0 Å². The predicted octanol–water partition coefficient (Wildman–Crippen LogP) is 0.800. The lowest BCUT2D eigenvalue weighted by Gasteiger charge is -2.12. The molecule has 1 amide bonds. The predicted molar refractivity (Wildman–Crippen MR) is 86.9 cm³/mol. The molecule has 0 radical (unpaired) electrons. The molecule has 0 atom stereocenters. The van der Waals surface area contributed by atoms with Gasteiger partial charge in [0.15, 0.2) is 5.82 Å². The first-order valence-electron chi connectivity index (χ1n) is 7.55. The first-order valence-corrected chi connectivity index (χ1v) is 7.55. The Morgan fingerprint density at radius 3 is 2.58 bits per heavy atom. The van der Waals surface area contributed by atoms with Gasteiger partial charge in [-0.15, -0.1) is 0 Å². The minimum Gasteiger partial charge on any atom is -0.467 e. The highest BCUT2D eigenvalue weighted by molar-refractivity contribution is 5.76. The van der Waals surface area contributed by atoms with Crippen molar-refractivity contribution in [3.63, 3.8) is 0 Å². The van der Waals surface area contributed by atoms with Gasteiger partial charge < -0.3 is 19.5 Å². The molecule has 2 rings (SSSR count). The number of nitrogens with one attached hydrogen (secondary N) is 1. The number of carbonyl (C=O) groups is 1. The molecule has 0 saturated carbocycles. The van der Waals surface area contributed by atoms with Gasteiger partial charge in [0.2, 0.25) is 11.9 Å². The molecule has 0 spiro atoms. The fourth-order valence-electron chi connectivity index (χ4n) is 2.12. The van der Waals surface area contributed by atoms with Crippen LogP contribution in [0.4, 0.5) is 5.95 Å². The van der Waals surface area contributed by atoms with Gasteiger partial charge >= 0.3 is 6.01 Å². The lowest BCUT2D eigenvalue weighted by Crippen LogP contribution is -2.25. The van der Waals surface area contributed by atoms with Crippen LogP contribution in [0, 0.1) is 13.8 Å². The number of carbonyl (C=O) groups excluding carboxylic acids is 1. The molecule has 0 bridgehead atoms. The van der Waals surface area contributed by atoms with E-state index in [1.54, 1.807) is 4.90 Å². The molecule has 0 unspecified atom stereocenters. The lowest BCUT2D eigenvalue weighted by molar-refractivity contribution is -0.121. The van der Waals surface area contributed by atoms with E-state index in [4.69, 9.17) is 9.26 Å². The minimum absolute atomic E-state index is 0.0965. The molecular formula is C15H22N6O3. The van der Waals surface area contributed by atoms with E-state index in [2.05, 4.69) is 25.4 Å². The fraction of sp³-hybridized carbons (Fsp3) is 0.533. The summed E-state index contributed by atoms with van der Waals surface area (Å²) in [6.07, 6.45) is 0.919. The quantitative estimate of drug-likeness (QED) is 0.792. The number of rotatable bonds is 7. The molecule has 24 heavy (non-hydrogen) atoms. The number of aryl methyl sites for hydroxylation is 2. The smallest absolute Gasteiger partial charge is 0.321 e. The summed E-state index contributed by atoms with van der Waals surface area (Å²) in [7, 11) is 5.13. The Morgan fingerprint density at radius 2 is 2.00 bits per heavy atom. The molecule has 1 N–H and O–H groups in total. The molecule has 0 aliphatic rings. The Kier molecular flexibility index (Phi) is 5.67. The molecule has 0 fully saturated rings. The minimum atomic E-state index is -0.0965. The van der Waals surface area contributed by atoms with Gasteiger partial charge in [-0.25, -0.2) is 0 Å². The average molecular weight is 334 g/mol. The van der Waals surface area contributed by atoms with Crippen molar-refractivity contribution in [2.24, 2.45) is 0 Å². The van der Waals surface area contributed by atoms with E-state index in [0.717, 1.165) is 17.0 Å². The maximum Gasteiger partial charge on any atom is 0.321 e. The Balaban J connectivity index is 1.93. The highest BCUT2D eigenvalue weighted by Crippen LogP contribution is 2.14. The summed E-state index contributed by atoms with van der Waals surface area (Å²) in [5.41, 5.74) is 1.79. The van der Waals surface area contributed by atoms with Gasteiger partial charge in [0, 0.05) is 26.1 Å². The van der Waals surface area contributed by atoms with Gasteiger partial charge in [0.25, 0.3) is 0 Å². The SMILES string of the molecule is COc1nc(CNC(=O)CCc2c(C)noc2C)nc(N(C)C)n1. The van der Waals surface area contributed by atoms with Crippen LogP contribution >= 0.6 is 0 Å². The zero-order chi connectivity index (χ0) is 17.7. The molecule has 130 valence electrons. The van der Waals surface area contributed by atoms with Gasteiger partial charge in [-0.2, -0.15) is 15.0 Å². The van der Waals surface area contributed by atoms with Crippen LogP contribution in [0.25, 0.3) is 0 Å². The van der Waals surface area contributed by atoms with E-state index in [0.29, 0.717) is 24.6 Å². The van der Waals surface area contributed by atoms with Crippen molar-refractivity contribution in [3.05, 3.63) is 22.8 Å². The third kappa shape index (κ3) is 4.40. The van der Waals surface area contributed by atoms with E-state index in [1.807, 2.05) is 27.9 Å². The Bertz CT molecular complexity index is 694. The maximum absolute atomic E-state index is 12.0. The normalized spacial score (nSPS) is 10.5. The van der Waals surface area contributed by atoms with Crippen LogP contribution in [-0.2, 0) is 17.8 Å². The summed E-state index contributed by atoms with van der Waals surface area (Å²) in [6.45, 7) is 3.91. The number of methoxy groups -OCH3 is 1. The van der Waals surface area contributed by atoms with Crippen molar-refractivity contribution >= 4 is 11.9 Å². The van der Waals surface area contributed by atoms with E-state index in [9.17, 15) is 4.79 Å². The third-order valence-electron chi connectivity index (χ3n) is 3.46. The fourth-order valence-corrected chi connectivity index (χ4v) is 2.12. The van der Waals surface area contributed by atoms with Crippen LogP contribution < -0.4 is 15.0 Å². The summed E-state index contributed by atoms with van der Waals surface area (Å²) < 4.78 is 10.1. The first-order chi connectivity index (χ1) is 11.4. The van der Waals surface area contributed by atoms with Gasteiger partial charge in [-0.3, -0.25) is 4.79 Å². The molecule has 0 saturated heterocycles. The average Bonchev–Trinajstić information content (AvgIpc) is 2.89. The summed E-state index contributed by atoms with van der Waals surface area (Å²) >= 11 is 0. The molecule has 2 heterocycles. The highest BCUT2D eigenvalue weighted by atomic mass is 16.5. The van der Waals surface area contributed by atoms with Gasteiger partial charge in [-0.05, 0) is 20.3 Å². The zero-order valence-electron chi connectivity index (χ0n) is 14.6. The molecule has 0 aliphatic carbocycles. The number of anilines is 1. The molecule has 0 aromatic carbocycles. The van der Waals surface area contributed by atoms with E-state index < -0.39 is 0 Å². The van der Waals surface area contributed by atoms with Crippen molar-refractivity contribution in [2.45, 2.75) is 33.2 Å². The highest BCUT2D eigenvalue weighted by Gasteiger charge is 2.12. The molecule has 2 aromatic heterocycles. The topological polar surface area (TPSA) is 106 Å². The summed E-state index contributed by atoms with van der Waals surface area (Å²) in [4.78, 5) is 26.3. The van der Waals surface area contributed by atoms with Gasteiger partial charge in [-0.1, -0.05) is 5.16 Å². The largest absolute Gasteiger partial charge is 0.467 e. The van der Waals surface area contributed by atoms with Crippen LogP contribution in [0.5, 0.6) is 6.01 Å². The van der Waals surface area contributed by atoms with Gasteiger partial charge in [0.05, 0.1) is 19.3 Å². The number of ether oxygens (including phenoxy) is 1. The van der Waals surface area contributed by atoms with Crippen LogP contribution in [-0.4, -0.2) is 47.2 Å². The van der Waals surface area contributed by atoms with E-state index in [1.165, 1.54) is 7.11 Å². The number of nitrogens with zero attached hydrogens (tertiary/aromatic N) is 5. The lowest BCUT2D eigenvalue weighted by atomic mass is 10.1. The standard InChI is InChI=1S/C15H22N6O3/c1-9-11(10(2)24-20-9)6-7-13(22)16-8-12-17-14(21(3)4)19-15(18-12)23-5/h6-8H2,1-5H3,(H,16,22). The van der Waals surface area contributed by atoms with Crippen LogP contribution in [0.1, 0.15) is 29.3 Å². The third-order valence-corrected chi connectivity index (χ3v) is 3.46. The Hall–Kier alpha value is -2.71. The number of amides is 1.